The summed E-state index contributed by atoms with van der Waals surface area (Å²) < 4.78 is 5.66. The molecule has 0 saturated carbocycles. The third-order valence-electron chi connectivity index (χ3n) is 5.41. The van der Waals surface area contributed by atoms with Crippen LogP contribution in [0.15, 0.2) is 22.8 Å². The van der Waals surface area contributed by atoms with E-state index in [0.29, 0.717) is 32.4 Å². The number of likely N-dealkylation sites (tertiary alicyclic amines) is 1. The van der Waals surface area contributed by atoms with Gasteiger partial charge in [0.2, 0.25) is 5.91 Å². The maximum atomic E-state index is 12.6. The van der Waals surface area contributed by atoms with Crippen molar-refractivity contribution >= 4 is 22.8 Å². The number of fused-ring (bicyclic) bond motifs is 2. The largest absolute Gasteiger partial charge is 0.481 e. The number of nitrogens with zero attached hydrogens (tertiary/aromatic N) is 1. The maximum absolute atomic E-state index is 12.6. The van der Waals surface area contributed by atoms with Crippen molar-refractivity contribution in [2.75, 3.05) is 13.1 Å². The molecule has 1 amide bonds. The summed E-state index contributed by atoms with van der Waals surface area (Å²) in [4.78, 5) is 25.4. The highest BCUT2D eigenvalue weighted by Gasteiger charge is 2.27. The molecule has 1 aliphatic carbocycles. The number of benzene rings is 1. The Bertz CT molecular complexity index is 799. The number of carbonyl (C=O) groups is 2. The van der Waals surface area contributed by atoms with Crippen LogP contribution in [0.3, 0.4) is 0 Å². The first-order valence-corrected chi connectivity index (χ1v) is 8.64. The molecule has 24 heavy (non-hydrogen) atoms. The average molecular weight is 327 g/mol. The lowest BCUT2D eigenvalue weighted by atomic mass is 9.96. The number of carboxylic acid groups (broad SMARTS) is 1. The summed E-state index contributed by atoms with van der Waals surface area (Å²) >= 11 is 0. The van der Waals surface area contributed by atoms with E-state index in [4.69, 9.17) is 9.52 Å². The van der Waals surface area contributed by atoms with Gasteiger partial charge in [0, 0.05) is 24.0 Å². The molecule has 2 heterocycles. The molecule has 0 spiro atoms. The van der Waals surface area contributed by atoms with Crippen LogP contribution in [-0.2, 0) is 28.9 Å². The molecule has 1 aromatic heterocycles. The highest BCUT2D eigenvalue weighted by Crippen LogP contribution is 2.31. The number of amides is 1. The van der Waals surface area contributed by atoms with E-state index in [9.17, 15) is 9.59 Å². The van der Waals surface area contributed by atoms with Crippen LogP contribution in [0.1, 0.15) is 36.0 Å². The number of furan rings is 1. The van der Waals surface area contributed by atoms with Crippen LogP contribution in [0, 0.1) is 5.92 Å². The molecule has 0 unspecified atom stereocenters. The predicted molar refractivity (Wildman–Crippen MR) is 88.9 cm³/mol. The molecule has 1 fully saturated rings. The Labute approximate surface area is 140 Å². The second kappa shape index (κ2) is 5.96. The monoisotopic (exact) mass is 327 g/mol. The molecule has 1 N–H and O–H groups in total. The van der Waals surface area contributed by atoms with Gasteiger partial charge >= 0.3 is 5.97 Å². The van der Waals surface area contributed by atoms with Crippen LogP contribution in [-0.4, -0.2) is 35.0 Å². The van der Waals surface area contributed by atoms with Crippen LogP contribution >= 0.6 is 0 Å². The summed E-state index contributed by atoms with van der Waals surface area (Å²) in [6.45, 7) is 1.06. The van der Waals surface area contributed by atoms with Gasteiger partial charge in [0.25, 0.3) is 0 Å². The first kappa shape index (κ1) is 15.2. The van der Waals surface area contributed by atoms with E-state index in [1.807, 2.05) is 0 Å². The molecular formula is C19H21NO4. The lowest BCUT2D eigenvalue weighted by Gasteiger charge is -2.30. The summed E-state index contributed by atoms with van der Waals surface area (Å²) in [7, 11) is 0. The maximum Gasteiger partial charge on any atom is 0.306 e. The molecule has 4 rings (SSSR count). The standard InChI is InChI=1S/C19H21NO4/c21-18(20-6-4-12(5-7-20)19(22)23)10-15-11-24-17-9-14-3-1-2-13(14)8-16(15)17/h8-9,11-12H,1-7,10H2,(H,22,23). The quantitative estimate of drug-likeness (QED) is 0.941. The van der Waals surface area contributed by atoms with Gasteiger partial charge in [-0.05, 0) is 55.4 Å². The van der Waals surface area contributed by atoms with Gasteiger partial charge in [0.15, 0.2) is 0 Å². The van der Waals surface area contributed by atoms with E-state index in [0.717, 1.165) is 29.4 Å². The molecule has 126 valence electrons. The molecule has 0 bridgehead atoms. The van der Waals surface area contributed by atoms with Crippen molar-refractivity contribution in [2.24, 2.45) is 5.92 Å². The summed E-state index contributed by atoms with van der Waals surface area (Å²) in [5.74, 6) is -1.01. The van der Waals surface area contributed by atoms with Gasteiger partial charge in [-0.1, -0.05) is 0 Å². The van der Waals surface area contributed by atoms with E-state index in [1.165, 1.54) is 17.5 Å². The summed E-state index contributed by atoms with van der Waals surface area (Å²) in [6.07, 6.45) is 6.51. The van der Waals surface area contributed by atoms with E-state index in [1.54, 1.807) is 11.2 Å². The third-order valence-corrected chi connectivity index (χ3v) is 5.41. The van der Waals surface area contributed by atoms with E-state index in [-0.39, 0.29) is 11.8 Å². The number of rotatable bonds is 3. The van der Waals surface area contributed by atoms with Crippen molar-refractivity contribution in [3.8, 4) is 0 Å². The Balaban J connectivity index is 1.48. The van der Waals surface area contributed by atoms with Crippen LogP contribution in [0.4, 0.5) is 0 Å². The fraction of sp³-hybridized carbons (Fsp3) is 0.474. The van der Waals surface area contributed by atoms with E-state index >= 15 is 0 Å². The fourth-order valence-corrected chi connectivity index (χ4v) is 3.94. The molecule has 2 aromatic rings. The Hall–Kier alpha value is -2.30. The molecule has 1 aliphatic heterocycles. The van der Waals surface area contributed by atoms with Crippen LogP contribution in [0.2, 0.25) is 0 Å². The summed E-state index contributed by atoms with van der Waals surface area (Å²) in [5, 5.41) is 10.1. The highest BCUT2D eigenvalue weighted by atomic mass is 16.4. The Kier molecular flexibility index (Phi) is 3.79. The molecule has 5 nitrogen and oxygen atoms in total. The molecule has 0 radical (unpaired) electrons. The van der Waals surface area contributed by atoms with Gasteiger partial charge in [-0.25, -0.2) is 0 Å². The third kappa shape index (κ3) is 2.68. The number of carboxylic acids is 1. The minimum absolute atomic E-state index is 0.0574. The molecule has 2 aliphatic rings. The Morgan fingerprint density at radius 3 is 2.58 bits per heavy atom. The minimum atomic E-state index is -0.753. The molecule has 0 atom stereocenters. The number of piperidine rings is 1. The van der Waals surface area contributed by atoms with Gasteiger partial charge in [-0.3, -0.25) is 9.59 Å². The number of hydrogen-bond acceptors (Lipinski definition) is 3. The number of carbonyl (C=O) groups excluding carboxylic acids is 1. The Morgan fingerprint density at radius 2 is 1.88 bits per heavy atom. The first-order valence-electron chi connectivity index (χ1n) is 8.64. The summed E-state index contributed by atoms with van der Waals surface area (Å²) in [5.41, 5.74) is 4.54. The van der Waals surface area contributed by atoms with Crippen LogP contribution in [0.5, 0.6) is 0 Å². The normalized spacial score (nSPS) is 18.1. The molecule has 1 saturated heterocycles. The lowest BCUT2D eigenvalue weighted by Crippen LogP contribution is -2.40. The van der Waals surface area contributed by atoms with Crippen molar-refractivity contribution in [3.05, 3.63) is 35.1 Å². The lowest BCUT2D eigenvalue weighted by molar-refractivity contribution is -0.145. The zero-order valence-electron chi connectivity index (χ0n) is 13.6. The van der Waals surface area contributed by atoms with Crippen LogP contribution in [0.25, 0.3) is 11.0 Å². The topological polar surface area (TPSA) is 70.8 Å². The van der Waals surface area contributed by atoms with Gasteiger partial charge in [-0.2, -0.15) is 0 Å². The average Bonchev–Trinajstić information content (AvgIpc) is 3.19. The SMILES string of the molecule is O=C(O)C1CCN(C(=O)Cc2coc3cc4c(cc23)CCC4)CC1. The second-order valence-electron chi connectivity index (χ2n) is 6.90. The minimum Gasteiger partial charge on any atom is -0.481 e. The number of aryl methyl sites for hydroxylation is 2. The smallest absolute Gasteiger partial charge is 0.306 e. The van der Waals surface area contributed by atoms with Gasteiger partial charge < -0.3 is 14.4 Å². The van der Waals surface area contributed by atoms with Gasteiger partial charge in [0.05, 0.1) is 18.6 Å². The molecule has 5 heteroatoms. The zero-order valence-corrected chi connectivity index (χ0v) is 13.6. The number of hydrogen-bond donors (Lipinski definition) is 1. The van der Waals surface area contributed by atoms with Crippen molar-refractivity contribution in [2.45, 2.75) is 38.5 Å². The van der Waals surface area contributed by atoms with Crippen molar-refractivity contribution in [1.29, 1.82) is 0 Å². The van der Waals surface area contributed by atoms with E-state index < -0.39 is 5.97 Å². The zero-order chi connectivity index (χ0) is 16.7. The summed E-state index contributed by atoms with van der Waals surface area (Å²) in [6, 6.07) is 4.30. The van der Waals surface area contributed by atoms with E-state index in [2.05, 4.69) is 12.1 Å². The van der Waals surface area contributed by atoms with Gasteiger partial charge in [0.1, 0.15) is 5.58 Å². The predicted octanol–water partition coefficient (Wildman–Crippen LogP) is 2.79. The van der Waals surface area contributed by atoms with Crippen molar-refractivity contribution in [3.63, 3.8) is 0 Å². The highest BCUT2D eigenvalue weighted by molar-refractivity contribution is 5.88. The number of aliphatic carboxylic acids is 1. The molecular weight excluding hydrogens is 306 g/mol. The van der Waals surface area contributed by atoms with Gasteiger partial charge in [-0.15, -0.1) is 0 Å². The molecule has 1 aromatic carbocycles. The van der Waals surface area contributed by atoms with Crippen molar-refractivity contribution in [1.82, 2.24) is 4.90 Å². The Morgan fingerprint density at radius 1 is 1.17 bits per heavy atom. The second-order valence-corrected chi connectivity index (χ2v) is 6.90. The first-order chi connectivity index (χ1) is 11.6. The van der Waals surface area contributed by atoms with Crippen LogP contribution < -0.4 is 0 Å². The van der Waals surface area contributed by atoms with Crippen molar-refractivity contribution < 1.29 is 19.1 Å². The fourth-order valence-electron chi connectivity index (χ4n) is 3.94.